The summed E-state index contributed by atoms with van der Waals surface area (Å²) in [6.07, 6.45) is -3.52. The number of benzene rings is 1. The molecular formula is C16H22FNO7. The molecule has 1 heterocycles. The zero-order valence-corrected chi connectivity index (χ0v) is 13.4. The molecule has 0 amide bonds. The second-order valence-corrected chi connectivity index (χ2v) is 5.66. The van der Waals surface area contributed by atoms with Gasteiger partial charge in [0.05, 0.1) is 0 Å². The van der Waals surface area contributed by atoms with Crippen LogP contribution in [0.2, 0.25) is 0 Å². The number of rotatable bonds is 5. The highest BCUT2D eigenvalue weighted by Crippen LogP contribution is 2.29. The van der Waals surface area contributed by atoms with E-state index in [9.17, 15) is 19.1 Å². The zero-order chi connectivity index (χ0) is 19.0. The lowest BCUT2D eigenvalue weighted by Gasteiger charge is -2.31. The van der Waals surface area contributed by atoms with Gasteiger partial charge in [0.2, 0.25) is 0 Å². The molecular weight excluding hydrogens is 337 g/mol. The van der Waals surface area contributed by atoms with Crippen molar-refractivity contribution in [2.45, 2.75) is 24.5 Å². The number of aliphatic hydroxyl groups is 3. The van der Waals surface area contributed by atoms with Crippen LogP contribution in [0.5, 0.6) is 0 Å². The lowest BCUT2D eigenvalue weighted by molar-refractivity contribution is -0.165. The Morgan fingerprint density at radius 2 is 1.64 bits per heavy atom. The number of aliphatic carboxylic acids is 2. The molecule has 0 aliphatic carbocycles. The molecule has 0 saturated carbocycles. The third kappa shape index (κ3) is 6.39. The van der Waals surface area contributed by atoms with E-state index >= 15 is 0 Å². The van der Waals surface area contributed by atoms with E-state index in [0.29, 0.717) is 5.92 Å². The minimum Gasteiger partial charge on any atom is -0.479 e. The van der Waals surface area contributed by atoms with Crippen molar-refractivity contribution in [3.63, 3.8) is 0 Å². The standard InChI is InChI=1S/C12H16FNO.C4H6O6/c13-11-3-1-9(2-4-11)12-5-6-14-7-10(12)8-15;5-1(3(7)8)2(6)4(9)10/h1-4,10,12,14-15H,5-8H2;1-2,5-6H,(H,7,8)(H,9,10)/t10-,12-;1-,2-/m01/s1. The van der Waals surface area contributed by atoms with E-state index in [1.807, 2.05) is 12.1 Å². The zero-order valence-electron chi connectivity index (χ0n) is 13.4. The van der Waals surface area contributed by atoms with Crippen LogP contribution in [-0.2, 0) is 9.59 Å². The summed E-state index contributed by atoms with van der Waals surface area (Å²) in [6, 6.07) is 6.64. The number of hydrogen-bond acceptors (Lipinski definition) is 6. The SMILES string of the molecule is O=C(O)[C@H](O)[C@@H](O)C(=O)O.OC[C@@H]1CNCC[C@H]1c1ccc(F)cc1. The first-order valence-corrected chi connectivity index (χ1v) is 7.66. The highest BCUT2D eigenvalue weighted by Gasteiger charge is 2.29. The van der Waals surface area contributed by atoms with Crippen LogP contribution in [0, 0.1) is 11.7 Å². The summed E-state index contributed by atoms with van der Waals surface area (Å²) in [5.41, 5.74) is 1.14. The van der Waals surface area contributed by atoms with Gasteiger partial charge < -0.3 is 30.8 Å². The highest BCUT2D eigenvalue weighted by atomic mass is 19.1. The van der Waals surface area contributed by atoms with E-state index in [2.05, 4.69) is 5.32 Å². The number of carboxylic acid groups (broad SMARTS) is 2. The van der Waals surface area contributed by atoms with Crippen LogP contribution >= 0.6 is 0 Å². The summed E-state index contributed by atoms with van der Waals surface area (Å²) in [5, 5.41) is 45.1. The fourth-order valence-corrected chi connectivity index (χ4v) is 2.53. The second kappa shape index (κ2) is 10.0. The molecule has 0 bridgehead atoms. The van der Waals surface area contributed by atoms with Gasteiger partial charge in [0.15, 0.2) is 12.2 Å². The van der Waals surface area contributed by atoms with E-state index in [-0.39, 0.29) is 18.3 Å². The van der Waals surface area contributed by atoms with Gasteiger partial charge in [0.1, 0.15) is 5.82 Å². The monoisotopic (exact) mass is 359 g/mol. The molecule has 1 aromatic carbocycles. The Balaban J connectivity index is 0.000000275. The number of nitrogens with one attached hydrogen (secondary N) is 1. The van der Waals surface area contributed by atoms with Gasteiger partial charge in [0.25, 0.3) is 0 Å². The summed E-state index contributed by atoms with van der Waals surface area (Å²) in [6.45, 7) is 2.01. The summed E-state index contributed by atoms with van der Waals surface area (Å²) in [4.78, 5) is 19.5. The third-order valence-corrected chi connectivity index (χ3v) is 3.95. The van der Waals surface area contributed by atoms with Gasteiger partial charge in [-0.25, -0.2) is 14.0 Å². The van der Waals surface area contributed by atoms with Crippen molar-refractivity contribution in [3.05, 3.63) is 35.6 Å². The molecule has 2 rings (SSSR count). The number of piperidine rings is 1. The average molecular weight is 359 g/mol. The predicted molar refractivity (Wildman–Crippen MR) is 84.5 cm³/mol. The molecule has 140 valence electrons. The summed E-state index contributed by atoms with van der Waals surface area (Å²) in [7, 11) is 0. The number of carbonyl (C=O) groups is 2. The lowest BCUT2D eigenvalue weighted by atomic mass is 9.82. The van der Waals surface area contributed by atoms with E-state index in [0.717, 1.165) is 25.1 Å². The molecule has 25 heavy (non-hydrogen) atoms. The van der Waals surface area contributed by atoms with E-state index in [1.165, 1.54) is 12.1 Å². The Morgan fingerprint density at radius 3 is 2.08 bits per heavy atom. The molecule has 0 unspecified atom stereocenters. The quantitative estimate of drug-likeness (QED) is 0.408. The molecule has 0 spiro atoms. The van der Waals surface area contributed by atoms with Crippen LogP contribution in [0.15, 0.2) is 24.3 Å². The highest BCUT2D eigenvalue weighted by molar-refractivity contribution is 5.83. The maximum atomic E-state index is 12.8. The Kier molecular flexibility index (Phi) is 8.42. The fourth-order valence-electron chi connectivity index (χ4n) is 2.53. The van der Waals surface area contributed by atoms with Gasteiger partial charge in [-0.2, -0.15) is 0 Å². The van der Waals surface area contributed by atoms with E-state index < -0.39 is 24.1 Å². The van der Waals surface area contributed by atoms with Gasteiger partial charge in [-0.3, -0.25) is 0 Å². The smallest absolute Gasteiger partial charge is 0.335 e. The third-order valence-electron chi connectivity index (χ3n) is 3.95. The Labute approximate surface area is 143 Å². The Morgan fingerprint density at radius 1 is 1.12 bits per heavy atom. The summed E-state index contributed by atoms with van der Waals surface area (Å²) >= 11 is 0. The van der Waals surface area contributed by atoms with Crippen LogP contribution in [0.25, 0.3) is 0 Å². The van der Waals surface area contributed by atoms with Crippen LogP contribution in [0.1, 0.15) is 17.9 Å². The summed E-state index contributed by atoms with van der Waals surface area (Å²) in [5.74, 6) is -3.13. The predicted octanol–water partition coefficient (Wildman–Crippen LogP) is -0.611. The molecule has 6 N–H and O–H groups in total. The molecule has 4 atom stereocenters. The van der Waals surface area contributed by atoms with Crippen LogP contribution in [0.3, 0.4) is 0 Å². The Hall–Kier alpha value is -2.07. The van der Waals surface area contributed by atoms with Crippen molar-refractivity contribution in [1.29, 1.82) is 0 Å². The molecule has 1 saturated heterocycles. The number of aliphatic hydroxyl groups excluding tert-OH is 3. The lowest BCUT2D eigenvalue weighted by Crippen LogP contribution is -2.39. The normalized spacial score (nSPS) is 22.2. The Bertz CT molecular complexity index is 548. The second-order valence-electron chi connectivity index (χ2n) is 5.66. The minimum absolute atomic E-state index is 0.190. The first-order valence-electron chi connectivity index (χ1n) is 7.66. The molecule has 1 aromatic rings. The van der Waals surface area contributed by atoms with Gasteiger partial charge in [-0.15, -0.1) is 0 Å². The molecule has 1 fully saturated rings. The molecule has 1 aliphatic rings. The number of hydrogen-bond donors (Lipinski definition) is 6. The maximum absolute atomic E-state index is 12.8. The largest absolute Gasteiger partial charge is 0.479 e. The average Bonchev–Trinajstić information content (AvgIpc) is 2.61. The first-order chi connectivity index (χ1) is 11.8. The molecule has 0 aromatic heterocycles. The fraction of sp³-hybridized carbons (Fsp3) is 0.500. The van der Waals surface area contributed by atoms with E-state index in [4.69, 9.17) is 20.4 Å². The van der Waals surface area contributed by atoms with Crippen LogP contribution in [0.4, 0.5) is 4.39 Å². The van der Waals surface area contributed by atoms with Crippen LogP contribution in [-0.4, -0.2) is 69.4 Å². The topological polar surface area (TPSA) is 147 Å². The molecule has 1 aliphatic heterocycles. The summed E-state index contributed by atoms with van der Waals surface area (Å²) < 4.78 is 12.8. The van der Waals surface area contributed by atoms with Gasteiger partial charge in [-0.05, 0) is 36.6 Å². The van der Waals surface area contributed by atoms with Gasteiger partial charge in [-0.1, -0.05) is 12.1 Å². The molecule has 0 radical (unpaired) electrons. The molecule has 8 nitrogen and oxygen atoms in total. The van der Waals surface area contributed by atoms with Crippen molar-refractivity contribution in [2.24, 2.45) is 5.92 Å². The first kappa shape index (κ1) is 21.0. The van der Waals surface area contributed by atoms with Crippen molar-refractivity contribution < 1.29 is 39.5 Å². The van der Waals surface area contributed by atoms with Gasteiger partial charge in [0, 0.05) is 19.1 Å². The van der Waals surface area contributed by atoms with Crippen molar-refractivity contribution in [3.8, 4) is 0 Å². The number of halogens is 1. The van der Waals surface area contributed by atoms with Crippen molar-refractivity contribution >= 4 is 11.9 Å². The van der Waals surface area contributed by atoms with Crippen molar-refractivity contribution in [1.82, 2.24) is 5.32 Å². The van der Waals surface area contributed by atoms with Crippen molar-refractivity contribution in [2.75, 3.05) is 19.7 Å². The molecule has 9 heteroatoms. The van der Waals surface area contributed by atoms with Crippen LogP contribution < -0.4 is 5.32 Å². The maximum Gasteiger partial charge on any atom is 0.335 e. The van der Waals surface area contributed by atoms with Gasteiger partial charge >= 0.3 is 11.9 Å². The number of carboxylic acids is 2. The minimum atomic E-state index is -2.27. The van der Waals surface area contributed by atoms with E-state index in [1.54, 1.807) is 0 Å².